The summed E-state index contributed by atoms with van der Waals surface area (Å²) >= 11 is 0. The monoisotopic (exact) mass is 449 g/mol. The van der Waals surface area contributed by atoms with Crippen molar-refractivity contribution >= 4 is 17.6 Å². The fraction of sp³-hybridized carbons (Fsp3) is 0.346. The van der Waals surface area contributed by atoms with E-state index in [2.05, 4.69) is 34.6 Å². The van der Waals surface area contributed by atoms with Crippen LogP contribution in [-0.2, 0) is 13.0 Å². The molecule has 0 aliphatic heterocycles. The molecule has 0 saturated carbocycles. The highest BCUT2D eigenvalue weighted by molar-refractivity contribution is 6.10. The summed E-state index contributed by atoms with van der Waals surface area (Å²) in [7, 11) is 0. The summed E-state index contributed by atoms with van der Waals surface area (Å²) in [5, 5.41) is 10.6. The average molecular weight is 450 g/mol. The summed E-state index contributed by atoms with van der Waals surface area (Å²) in [6, 6.07) is 10.4. The number of halogens is 1. The molecule has 33 heavy (non-hydrogen) atoms. The van der Waals surface area contributed by atoms with Crippen LogP contribution < -0.4 is 10.6 Å². The molecule has 1 aromatic heterocycles. The number of hydrogen-bond acceptors (Lipinski definition) is 3. The Balaban J connectivity index is 1.84. The second kappa shape index (κ2) is 10.4. The number of benzene rings is 2. The van der Waals surface area contributed by atoms with Crippen molar-refractivity contribution in [3.05, 3.63) is 81.4 Å². The predicted molar refractivity (Wildman–Crippen MR) is 132 cm³/mol. The van der Waals surface area contributed by atoms with Crippen LogP contribution in [0.2, 0.25) is 0 Å². The molecule has 0 unspecified atom stereocenters. The molecule has 0 saturated heterocycles. The van der Waals surface area contributed by atoms with Gasteiger partial charge in [0.15, 0.2) is 0 Å². The molecule has 0 bridgehead atoms. The van der Waals surface area contributed by atoms with Crippen molar-refractivity contribution < 1.29 is 9.18 Å². The van der Waals surface area contributed by atoms with E-state index in [0.717, 1.165) is 34.7 Å². The van der Waals surface area contributed by atoms with Crippen LogP contribution in [-0.4, -0.2) is 28.2 Å². The molecule has 2 N–H and O–H groups in total. The number of guanidine groups is 1. The Morgan fingerprint density at radius 1 is 1.09 bits per heavy atom. The maximum atomic E-state index is 14.0. The Morgan fingerprint density at radius 2 is 1.85 bits per heavy atom. The van der Waals surface area contributed by atoms with Gasteiger partial charge in [0.25, 0.3) is 5.91 Å². The van der Waals surface area contributed by atoms with E-state index in [4.69, 9.17) is 0 Å². The van der Waals surface area contributed by atoms with Gasteiger partial charge >= 0.3 is 0 Å². The Kier molecular flexibility index (Phi) is 7.63. The minimum absolute atomic E-state index is 0.240. The summed E-state index contributed by atoms with van der Waals surface area (Å²) in [6.07, 6.45) is 0.699. The van der Waals surface area contributed by atoms with Gasteiger partial charge in [0, 0.05) is 30.0 Å². The van der Waals surface area contributed by atoms with E-state index in [1.807, 2.05) is 43.7 Å². The Morgan fingerprint density at radius 3 is 2.52 bits per heavy atom. The molecular weight excluding hydrogens is 417 g/mol. The van der Waals surface area contributed by atoms with Gasteiger partial charge in [-0.3, -0.25) is 19.8 Å². The molecule has 0 aliphatic rings. The van der Waals surface area contributed by atoms with Gasteiger partial charge in [-0.15, -0.1) is 0 Å². The van der Waals surface area contributed by atoms with Gasteiger partial charge in [0.2, 0.25) is 5.96 Å². The molecule has 1 amide bonds. The molecule has 7 heteroatoms. The first-order valence-electron chi connectivity index (χ1n) is 11.2. The first-order chi connectivity index (χ1) is 15.7. The minimum atomic E-state index is -0.420. The number of nitrogens with zero attached hydrogens (tertiary/aromatic N) is 3. The van der Waals surface area contributed by atoms with Crippen molar-refractivity contribution in [2.24, 2.45) is 4.99 Å². The van der Waals surface area contributed by atoms with Gasteiger partial charge in [-0.05, 0) is 88.4 Å². The van der Waals surface area contributed by atoms with E-state index in [1.165, 1.54) is 11.6 Å². The van der Waals surface area contributed by atoms with E-state index in [0.29, 0.717) is 24.5 Å². The molecule has 0 fully saturated rings. The average Bonchev–Trinajstić information content (AvgIpc) is 3.06. The number of amides is 1. The lowest BCUT2D eigenvalue weighted by Gasteiger charge is -2.15. The van der Waals surface area contributed by atoms with Gasteiger partial charge in [-0.25, -0.2) is 4.39 Å². The first kappa shape index (κ1) is 24.2. The lowest BCUT2D eigenvalue weighted by molar-refractivity contribution is 0.0976. The zero-order valence-electron chi connectivity index (χ0n) is 20.2. The van der Waals surface area contributed by atoms with Gasteiger partial charge < -0.3 is 5.32 Å². The summed E-state index contributed by atoms with van der Waals surface area (Å²) in [6.45, 7) is 13.1. The van der Waals surface area contributed by atoms with Crippen molar-refractivity contribution in [3.8, 4) is 0 Å². The van der Waals surface area contributed by atoms with Crippen molar-refractivity contribution in [1.82, 2.24) is 15.1 Å². The lowest BCUT2D eigenvalue weighted by atomic mass is 10.1. The number of rotatable bonds is 6. The maximum Gasteiger partial charge on any atom is 0.258 e. The van der Waals surface area contributed by atoms with E-state index in [1.54, 1.807) is 19.1 Å². The van der Waals surface area contributed by atoms with Crippen LogP contribution in [0.15, 0.2) is 41.4 Å². The Bertz CT molecular complexity index is 1200. The highest BCUT2D eigenvalue weighted by Crippen LogP contribution is 2.18. The molecule has 0 atom stereocenters. The summed E-state index contributed by atoms with van der Waals surface area (Å²) in [4.78, 5) is 17.5. The van der Waals surface area contributed by atoms with Crippen LogP contribution in [0.1, 0.15) is 50.9 Å². The molecule has 0 radical (unpaired) electrons. The molecule has 2 aromatic carbocycles. The summed E-state index contributed by atoms with van der Waals surface area (Å²) in [5.74, 6) is -0.507. The van der Waals surface area contributed by atoms with Crippen molar-refractivity contribution in [2.75, 3.05) is 11.9 Å². The fourth-order valence-corrected chi connectivity index (χ4v) is 3.72. The molecule has 1 heterocycles. The number of aliphatic imine (C=N–C) groups is 1. The topological polar surface area (TPSA) is 71.3 Å². The maximum absolute atomic E-state index is 14.0. The van der Waals surface area contributed by atoms with Crippen LogP contribution in [0.3, 0.4) is 0 Å². The lowest BCUT2D eigenvalue weighted by Crippen LogP contribution is -2.36. The van der Waals surface area contributed by atoms with Crippen LogP contribution >= 0.6 is 0 Å². The number of hydrogen-bond donors (Lipinski definition) is 2. The highest BCUT2D eigenvalue weighted by atomic mass is 19.1. The van der Waals surface area contributed by atoms with E-state index in [-0.39, 0.29) is 5.56 Å². The molecule has 3 rings (SSSR count). The zero-order chi connectivity index (χ0) is 24.1. The fourth-order valence-electron chi connectivity index (χ4n) is 3.72. The highest BCUT2D eigenvalue weighted by Gasteiger charge is 2.14. The van der Waals surface area contributed by atoms with Gasteiger partial charge in [-0.2, -0.15) is 5.10 Å². The third-order valence-electron chi connectivity index (χ3n) is 5.99. The van der Waals surface area contributed by atoms with Gasteiger partial charge in [-0.1, -0.05) is 18.2 Å². The Hall–Kier alpha value is -3.48. The van der Waals surface area contributed by atoms with Crippen LogP contribution in [0.4, 0.5) is 10.1 Å². The van der Waals surface area contributed by atoms with Gasteiger partial charge in [0.1, 0.15) is 5.82 Å². The van der Waals surface area contributed by atoms with E-state index in [9.17, 15) is 9.18 Å². The third kappa shape index (κ3) is 5.66. The van der Waals surface area contributed by atoms with Crippen molar-refractivity contribution in [3.63, 3.8) is 0 Å². The Labute approximate surface area is 194 Å². The second-order valence-corrected chi connectivity index (χ2v) is 8.24. The van der Waals surface area contributed by atoms with Crippen LogP contribution in [0.25, 0.3) is 0 Å². The number of carbonyl (C=O) groups excluding carboxylic acids is 1. The first-order valence-corrected chi connectivity index (χ1v) is 11.2. The summed E-state index contributed by atoms with van der Waals surface area (Å²) < 4.78 is 16.0. The predicted octanol–water partition coefficient (Wildman–Crippen LogP) is 5.02. The van der Waals surface area contributed by atoms with E-state index >= 15 is 0 Å². The summed E-state index contributed by atoms with van der Waals surface area (Å²) in [5.41, 5.74) is 7.08. The third-order valence-corrected chi connectivity index (χ3v) is 5.99. The molecule has 174 valence electrons. The second-order valence-electron chi connectivity index (χ2n) is 8.24. The largest absolute Gasteiger partial charge is 0.326 e. The number of anilines is 1. The minimum Gasteiger partial charge on any atom is -0.326 e. The molecule has 0 aliphatic carbocycles. The standard InChI is InChI=1S/C26H32FN5O/c1-7-32-20(6)22(19(5)31-32)13-14-28-26(29-24-10-8-9-16(2)18(24)4)30-25(33)21-12-11-17(3)23(27)15-21/h8-12,15H,7,13-14H2,1-6H3,(H2,28,29,30,33). The molecular formula is C26H32FN5O. The smallest absolute Gasteiger partial charge is 0.258 e. The van der Waals surface area contributed by atoms with Crippen LogP contribution in [0.5, 0.6) is 0 Å². The number of carbonyl (C=O) groups is 1. The SMILES string of the molecule is CCn1nc(C)c(CCN=C(NC(=O)c2ccc(C)c(F)c2)Nc2cccc(C)c2C)c1C. The van der Waals surface area contributed by atoms with Crippen molar-refractivity contribution in [1.29, 1.82) is 0 Å². The normalized spacial score (nSPS) is 11.5. The van der Waals surface area contributed by atoms with Crippen molar-refractivity contribution in [2.45, 2.75) is 54.5 Å². The number of nitrogens with one attached hydrogen (secondary N) is 2. The number of aryl methyl sites for hydroxylation is 4. The van der Waals surface area contributed by atoms with Gasteiger partial charge in [0.05, 0.1) is 5.69 Å². The zero-order valence-corrected chi connectivity index (χ0v) is 20.2. The molecule has 3 aromatic rings. The number of aromatic nitrogens is 2. The molecule has 0 spiro atoms. The molecule has 6 nitrogen and oxygen atoms in total. The quantitative estimate of drug-likeness (QED) is 0.410. The van der Waals surface area contributed by atoms with Crippen LogP contribution in [0, 0.1) is 40.4 Å². The van der Waals surface area contributed by atoms with E-state index < -0.39 is 11.7 Å².